The minimum absolute atomic E-state index is 0.558. The summed E-state index contributed by atoms with van der Waals surface area (Å²) in [5.74, 6) is -2.51. The fourth-order valence-electron chi connectivity index (χ4n) is 0.741. The van der Waals surface area contributed by atoms with Gasteiger partial charge in [0.1, 0.15) is 0 Å². The molecule has 5 heteroatoms. The van der Waals surface area contributed by atoms with E-state index in [9.17, 15) is 9.59 Å². The second kappa shape index (κ2) is 8.13. The van der Waals surface area contributed by atoms with E-state index in [1.807, 2.05) is 24.3 Å². The van der Waals surface area contributed by atoms with Crippen LogP contribution >= 0.6 is 11.6 Å². The van der Waals surface area contributed by atoms with Gasteiger partial charge in [0, 0.05) is 17.2 Å². The van der Waals surface area contributed by atoms with Crippen LogP contribution in [0, 0.1) is 0 Å². The van der Waals surface area contributed by atoms with Crippen molar-refractivity contribution >= 4 is 29.6 Å². The smallest absolute Gasteiger partial charge is 0.328 e. The number of hydrogen-bond donors (Lipinski definition) is 2. The van der Waals surface area contributed by atoms with Crippen LogP contribution < -0.4 is 0 Å². The van der Waals surface area contributed by atoms with Crippen molar-refractivity contribution in [2.24, 2.45) is 0 Å². The van der Waals surface area contributed by atoms with Gasteiger partial charge in [-0.15, -0.1) is 0 Å². The van der Waals surface area contributed by atoms with Gasteiger partial charge in [-0.25, -0.2) is 9.59 Å². The van der Waals surface area contributed by atoms with E-state index in [0.29, 0.717) is 12.2 Å². The van der Waals surface area contributed by atoms with Gasteiger partial charge in [-0.05, 0) is 17.7 Å². The Labute approximate surface area is 103 Å². The second-order valence-corrected chi connectivity index (χ2v) is 3.20. The summed E-state index contributed by atoms with van der Waals surface area (Å²) in [6.45, 7) is 3.62. The van der Waals surface area contributed by atoms with Gasteiger partial charge in [-0.1, -0.05) is 36.4 Å². The monoisotopic (exact) mass is 254 g/mol. The van der Waals surface area contributed by atoms with Crippen LogP contribution in [0.4, 0.5) is 0 Å². The summed E-state index contributed by atoms with van der Waals surface area (Å²) in [6, 6.07) is 7.54. The van der Waals surface area contributed by atoms with Gasteiger partial charge >= 0.3 is 11.9 Å². The van der Waals surface area contributed by atoms with E-state index < -0.39 is 11.9 Å². The maximum atomic E-state index is 9.55. The summed E-state index contributed by atoms with van der Waals surface area (Å²) in [5, 5.41) is 16.4. The lowest BCUT2D eigenvalue weighted by atomic mass is 10.2. The molecular weight excluding hydrogens is 244 g/mol. The van der Waals surface area contributed by atoms with E-state index in [-0.39, 0.29) is 0 Å². The van der Waals surface area contributed by atoms with Gasteiger partial charge in [-0.3, -0.25) is 0 Å². The first-order valence-electron chi connectivity index (χ1n) is 4.47. The third-order valence-electron chi connectivity index (χ3n) is 1.47. The number of rotatable bonds is 3. The Kier molecular flexibility index (Phi) is 7.14. The maximum absolute atomic E-state index is 9.55. The van der Waals surface area contributed by atoms with E-state index >= 15 is 0 Å². The predicted molar refractivity (Wildman–Crippen MR) is 66.0 cm³/mol. The first-order valence-corrected chi connectivity index (χ1v) is 4.85. The van der Waals surface area contributed by atoms with Crippen LogP contribution in [0.2, 0.25) is 5.02 Å². The summed E-state index contributed by atoms with van der Waals surface area (Å²) in [6.07, 6.45) is 2.90. The average molecular weight is 255 g/mol. The van der Waals surface area contributed by atoms with Crippen molar-refractivity contribution < 1.29 is 19.8 Å². The molecule has 0 saturated heterocycles. The van der Waals surface area contributed by atoms with Crippen molar-refractivity contribution in [3.05, 3.63) is 53.6 Å². The molecule has 0 heterocycles. The highest BCUT2D eigenvalue weighted by Gasteiger charge is 1.88. The van der Waals surface area contributed by atoms with E-state index in [2.05, 4.69) is 6.58 Å². The second-order valence-electron chi connectivity index (χ2n) is 2.77. The van der Waals surface area contributed by atoms with Crippen molar-refractivity contribution in [3.63, 3.8) is 0 Å². The zero-order valence-electron chi connectivity index (χ0n) is 8.84. The first kappa shape index (κ1) is 14.9. The lowest BCUT2D eigenvalue weighted by Gasteiger charge is -1.89. The number of halogens is 1. The highest BCUT2D eigenvalue weighted by molar-refractivity contribution is 6.30. The minimum Gasteiger partial charge on any atom is -0.478 e. The first-order chi connectivity index (χ1) is 7.95. The summed E-state index contributed by atoms with van der Waals surface area (Å²) in [5.41, 5.74) is 1.10. The Morgan fingerprint density at radius 1 is 1.06 bits per heavy atom. The lowest BCUT2D eigenvalue weighted by Crippen LogP contribution is -1.91. The van der Waals surface area contributed by atoms with E-state index in [0.717, 1.165) is 10.6 Å². The molecule has 0 amide bonds. The predicted octanol–water partition coefficient (Wildman–Crippen LogP) is 2.69. The molecule has 0 aliphatic rings. The largest absolute Gasteiger partial charge is 0.478 e. The standard InChI is InChI=1S/C8H7Cl.C4H4O4/c1-2-7-3-5-8(9)6-4-7;5-3(6)1-2-4(7)8/h2-6H,1H2;1-2H,(H,5,6)(H,7,8)/b;2-1-. The van der Waals surface area contributed by atoms with Crippen molar-refractivity contribution in [3.8, 4) is 0 Å². The number of carbonyl (C=O) groups is 2. The van der Waals surface area contributed by atoms with Crippen LogP contribution in [0.1, 0.15) is 5.56 Å². The van der Waals surface area contributed by atoms with E-state index in [1.165, 1.54) is 0 Å². The zero-order valence-corrected chi connectivity index (χ0v) is 9.59. The zero-order chi connectivity index (χ0) is 13.3. The molecule has 1 aromatic carbocycles. The highest BCUT2D eigenvalue weighted by Crippen LogP contribution is 2.09. The molecule has 2 N–H and O–H groups in total. The SMILES string of the molecule is C=Cc1ccc(Cl)cc1.O=C(O)/C=C\C(=O)O. The third-order valence-corrected chi connectivity index (χ3v) is 1.73. The van der Waals surface area contributed by atoms with Gasteiger partial charge in [0.25, 0.3) is 0 Å². The summed E-state index contributed by atoms with van der Waals surface area (Å²) in [4.78, 5) is 19.1. The Balaban J connectivity index is 0.000000304. The van der Waals surface area contributed by atoms with E-state index in [4.69, 9.17) is 21.8 Å². The normalized spacial score (nSPS) is 9.24. The maximum Gasteiger partial charge on any atom is 0.328 e. The molecule has 0 spiro atoms. The molecule has 1 aromatic rings. The number of aliphatic carboxylic acids is 2. The number of carboxylic acid groups (broad SMARTS) is 2. The Bertz CT molecular complexity index is 405. The molecule has 0 aromatic heterocycles. The number of carboxylic acids is 2. The van der Waals surface area contributed by atoms with Crippen LogP contribution in [0.15, 0.2) is 43.0 Å². The van der Waals surface area contributed by atoms with Gasteiger partial charge in [0.15, 0.2) is 0 Å². The van der Waals surface area contributed by atoms with Gasteiger partial charge in [0.05, 0.1) is 0 Å². The average Bonchev–Trinajstić information content (AvgIpc) is 2.28. The third kappa shape index (κ3) is 8.89. The Morgan fingerprint density at radius 3 is 1.76 bits per heavy atom. The van der Waals surface area contributed by atoms with Crippen molar-refractivity contribution in [1.82, 2.24) is 0 Å². The molecule has 0 radical (unpaired) electrons. The van der Waals surface area contributed by atoms with Crippen molar-refractivity contribution in [1.29, 1.82) is 0 Å². The molecule has 1 rings (SSSR count). The minimum atomic E-state index is -1.26. The molecule has 0 saturated carbocycles. The Hall–Kier alpha value is -2.07. The number of hydrogen-bond acceptors (Lipinski definition) is 2. The van der Waals surface area contributed by atoms with Crippen LogP contribution in [0.5, 0.6) is 0 Å². The van der Waals surface area contributed by atoms with Crippen molar-refractivity contribution in [2.45, 2.75) is 0 Å². The van der Waals surface area contributed by atoms with Gasteiger partial charge in [0.2, 0.25) is 0 Å². The summed E-state index contributed by atoms with van der Waals surface area (Å²) >= 11 is 5.63. The number of benzene rings is 1. The van der Waals surface area contributed by atoms with Crippen LogP contribution in [-0.2, 0) is 9.59 Å². The van der Waals surface area contributed by atoms with Crippen LogP contribution in [0.3, 0.4) is 0 Å². The van der Waals surface area contributed by atoms with Gasteiger partial charge in [-0.2, -0.15) is 0 Å². The molecule has 90 valence electrons. The fraction of sp³-hybridized carbons (Fsp3) is 0. The van der Waals surface area contributed by atoms with E-state index in [1.54, 1.807) is 6.08 Å². The molecule has 0 atom stereocenters. The molecule has 0 aliphatic carbocycles. The van der Waals surface area contributed by atoms with Gasteiger partial charge < -0.3 is 10.2 Å². The highest BCUT2D eigenvalue weighted by atomic mass is 35.5. The molecule has 0 aliphatic heterocycles. The summed E-state index contributed by atoms with van der Waals surface area (Å²) < 4.78 is 0. The molecule has 0 unspecified atom stereocenters. The molecule has 4 nitrogen and oxygen atoms in total. The topological polar surface area (TPSA) is 74.6 Å². The molecule has 0 bridgehead atoms. The summed E-state index contributed by atoms with van der Waals surface area (Å²) in [7, 11) is 0. The van der Waals surface area contributed by atoms with Crippen LogP contribution in [-0.4, -0.2) is 22.2 Å². The Morgan fingerprint density at radius 2 is 1.47 bits per heavy atom. The van der Waals surface area contributed by atoms with Crippen LogP contribution in [0.25, 0.3) is 6.08 Å². The quantitative estimate of drug-likeness (QED) is 0.814. The van der Waals surface area contributed by atoms with Crippen molar-refractivity contribution in [2.75, 3.05) is 0 Å². The molecule has 17 heavy (non-hydrogen) atoms. The lowest BCUT2D eigenvalue weighted by molar-refractivity contribution is -0.134. The molecule has 0 fully saturated rings. The fourth-order valence-corrected chi connectivity index (χ4v) is 0.867. The molecular formula is C12H11ClO4.